The summed E-state index contributed by atoms with van der Waals surface area (Å²) < 4.78 is 1.55. The molecule has 2 aromatic rings. The number of rotatable bonds is 5. The fourth-order valence-electron chi connectivity index (χ4n) is 1.63. The Kier molecular flexibility index (Phi) is 4.19. The van der Waals surface area contributed by atoms with Gasteiger partial charge in [-0.05, 0) is 18.6 Å². The number of hydrogen-bond acceptors (Lipinski definition) is 5. The lowest BCUT2D eigenvalue weighted by atomic mass is 10.1. The number of amides is 1. The number of aromatic nitrogens is 4. The zero-order valence-electron chi connectivity index (χ0n) is 10.7. The third-order valence-corrected chi connectivity index (χ3v) is 2.66. The highest BCUT2D eigenvalue weighted by Crippen LogP contribution is 2.10. The summed E-state index contributed by atoms with van der Waals surface area (Å²) in [4.78, 5) is 16.0. The van der Waals surface area contributed by atoms with Crippen LogP contribution in [-0.2, 0) is 6.54 Å². The maximum Gasteiger partial charge on any atom is 0.273 e. The monoisotopic (exact) mass is 260 g/mol. The van der Waals surface area contributed by atoms with E-state index >= 15 is 0 Å². The van der Waals surface area contributed by atoms with Crippen LogP contribution in [0.15, 0.2) is 30.7 Å². The molecule has 0 aliphatic heterocycles. The predicted octanol–water partition coefficient (Wildman–Crippen LogP) is 0.123. The number of carbonyl (C=O) groups excluding carboxylic acids is 1. The molecule has 100 valence electrons. The van der Waals surface area contributed by atoms with Gasteiger partial charge in [0.2, 0.25) is 0 Å². The number of nitrogens with zero attached hydrogens (tertiary/aromatic N) is 4. The van der Waals surface area contributed by atoms with Gasteiger partial charge in [-0.2, -0.15) is 0 Å². The van der Waals surface area contributed by atoms with Crippen LogP contribution >= 0.6 is 0 Å². The minimum absolute atomic E-state index is 0.138. The molecule has 2 aromatic heterocycles. The molecule has 0 radical (unpaired) electrons. The largest absolute Gasteiger partial charge is 0.344 e. The van der Waals surface area contributed by atoms with Crippen molar-refractivity contribution in [3.05, 3.63) is 42.0 Å². The van der Waals surface area contributed by atoms with Gasteiger partial charge in [-0.3, -0.25) is 14.5 Å². The average Bonchev–Trinajstić information content (AvgIpc) is 2.89. The molecule has 19 heavy (non-hydrogen) atoms. The number of nitrogens with one attached hydrogen (secondary N) is 1. The van der Waals surface area contributed by atoms with E-state index < -0.39 is 0 Å². The number of nitrogens with two attached hydrogens (primary N) is 1. The van der Waals surface area contributed by atoms with E-state index in [0.29, 0.717) is 13.1 Å². The van der Waals surface area contributed by atoms with E-state index in [-0.39, 0.29) is 17.6 Å². The highest BCUT2D eigenvalue weighted by Gasteiger charge is 2.14. The van der Waals surface area contributed by atoms with Crippen LogP contribution in [0, 0.1) is 0 Å². The summed E-state index contributed by atoms with van der Waals surface area (Å²) >= 11 is 0. The molecule has 2 rings (SSSR count). The molecular formula is C12H16N6O. The first-order chi connectivity index (χ1) is 9.20. The zero-order valence-corrected chi connectivity index (χ0v) is 10.7. The van der Waals surface area contributed by atoms with E-state index in [0.717, 1.165) is 5.56 Å². The molecule has 0 aliphatic carbocycles. The van der Waals surface area contributed by atoms with Crippen LogP contribution in [0.1, 0.15) is 29.0 Å². The van der Waals surface area contributed by atoms with E-state index in [1.165, 1.54) is 0 Å². The first kappa shape index (κ1) is 13.2. The van der Waals surface area contributed by atoms with Gasteiger partial charge in [0.1, 0.15) is 0 Å². The second-order valence-electron chi connectivity index (χ2n) is 4.14. The molecule has 0 bridgehead atoms. The summed E-state index contributed by atoms with van der Waals surface area (Å²) in [6, 6.07) is 3.60. The summed E-state index contributed by atoms with van der Waals surface area (Å²) in [6.45, 7) is 2.88. The van der Waals surface area contributed by atoms with E-state index in [1.807, 2.05) is 19.1 Å². The van der Waals surface area contributed by atoms with E-state index in [2.05, 4.69) is 20.6 Å². The molecule has 0 spiro atoms. The quantitative estimate of drug-likeness (QED) is 0.795. The van der Waals surface area contributed by atoms with Gasteiger partial charge in [0.15, 0.2) is 5.69 Å². The van der Waals surface area contributed by atoms with Crippen molar-refractivity contribution in [1.82, 2.24) is 25.3 Å². The minimum atomic E-state index is -0.264. The smallest absolute Gasteiger partial charge is 0.273 e. The molecular weight excluding hydrogens is 244 g/mol. The van der Waals surface area contributed by atoms with Crippen LogP contribution in [0.25, 0.3) is 0 Å². The van der Waals surface area contributed by atoms with Crippen LogP contribution in [0.2, 0.25) is 0 Å². The van der Waals surface area contributed by atoms with Crippen molar-refractivity contribution in [2.45, 2.75) is 19.5 Å². The molecule has 0 fully saturated rings. The summed E-state index contributed by atoms with van der Waals surface area (Å²) in [5.74, 6) is -0.264. The third kappa shape index (κ3) is 3.35. The summed E-state index contributed by atoms with van der Waals surface area (Å²) in [7, 11) is 0. The van der Waals surface area contributed by atoms with Crippen molar-refractivity contribution in [3.63, 3.8) is 0 Å². The molecule has 0 saturated carbocycles. The van der Waals surface area contributed by atoms with Gasteiger partial charge < -0.3 is 11.1 Å². The maximum absolute atomic E-state index is 12.0. The SMILES string of the molecule is C[C@@H](NC(=O)c1cn(CCN)nn1)c1cccnc1. The van der Waals surface area contributed by atoms with Gasteiger partial charge in [-0.25, -0.2) is 0 Å². The standard InChI is InChI=1S/C12H16N6O/c1-9(10-3-2-5-14-7-10)15-12(19)11-8-18(6-4-13)17-16-11/h2-3,5,7-9H,4,6,13H2,1H3,(H,15,19)/t9-/m1/s1. The molecule has 0 aromatic carbocycles. The number of pyridine rings is 1. The number of hydrogen-bond donors (Lipinski definition) is 2. The normalized spacial score (nSPS) is 12.1. The fourth-order valence-corrected chi connectivity index (χ4v) is 1.63. The Morgan fingerprint density at radius 3 is 3.11 bits per heavy atom. The molecule has 0 unspecified atom stereocenters. The highest BCUT2D eigenvalue weighted by molar-refractivity contribution is 5.92. The van der Waals surface area contributed by atoms with Gasteiger partial charge >= 0.3 is 0 Å². The minimum Gasteiger partial charge on any atom is -0.344 e. The molecule has 2 heterocycles. The first-order valence-corrected chi connectivity index (χ1v) is 6.01. The topological polar surface area (TPSA) is 98.7 Å². The Hall–Kier alpha value is -2.28. The van der Waals surface area contributed by atoms with Crippen molar-refractivity contribution in [2.24, 2.45) is 5.73 Å². The van der Waals surface area contributed by atoms with Crippen molar-refractivity contribution in [3.8, 4) is 0 Å². The van der Waals surface area contributed by atoms with Gasteiger partial charge in [0, 0.05) is 18.9 Å². The Labute approximate surface area is 110 Å². The molecule has 7 nitrogen and oxygen atoms in total. The lowest BCUT2D eigenvalue weighted by Crippen LogP contribution is -2.27. The first-order valence-electron chi connectivity index (χ1n) is 6.01. The van der Waals surface area contributed by atoms with Crippen molar-refractivity contribution < 1.29 is 4.79 Å². The second-order valence-corrected chi connectivity index (χ2v) is 4.14. The lowest BCUT2D eigenvalue weighted by Gasteiger charge is -2.12. The zero-order chi connectivity index (χ0) is 13.7. The van der Waals surface area contributed by atoms with E-state index in [1.54, 1.807) is 23.3 Å². The second kappa shape index (κ2) is 6.05. The predicted molar refractivity (Wildman–Crippen MR) is 69.2 cm³/mol. The Morgan fingerprint density at radius 2 is 2.42 bits per heavy atom. The highest BCUT2D eigenvalue weighted by atomic mass is 16.2. The Balaban J connectivity index is 2.00. The van der Waals surface area contributed by atoms with Gasteiger partial charge in [0.05, 0.1) is 18.8 Å². The van der Waals surface area contributed by atoms with Gasteiger partial charge in [-0.1, -0.05) is 11.3 Å². The average molecular weight is 260 g/mol. The summed E-state index contributed by atoms with van der Waals surface area (Å²) in [5.41, 5.74) is 6.62. The molecule has 1 atom stereocenters. The van der Waals surface area contributed by atoms with Crippen LogP contribution in [0.3, 0.4) is 0 Å². The molecule has 0 aliphatic rings. The summed E-state index contributed by atoms with van der Waals surface area (Å²) in [6.07, 6.45) is 4.99. The van der Waals surface area contributed by atoms with Crippen molar-refractivity contribution >= 4 is 5.91 Å². The molecule has 7 heteroatoms. The van der Waals surface area contributed by atoms with Crippen molar-refractivity contribution in [2.75, 3.05) is 6.54 Å². The van der Waals surface area contributed by atoms with Crippen molar-refractivity contribution in [1.29, 1.82) is 0 Å². The third-order valence-electron chi connectivity index (χ3n) is 2.66. The molecule has 0 saturated heterocycles. The lowest BCUT2D eigenvalue weighted by molar-refractivity contribution is 0.0934. The van der Waals surface area contributed by atoms with Crippen LogP contribution in [-0.4, -0.2) is 32.4 Å². The maximum atomic E-state index is 12.0. The van der Waals surface area contributed by atoms with Gasteiger partial charge in [0.25, 0.3) is 5.91 Å². The van der Waals surface area contributed by atoms with Crippen LogP contribution < -0.4 is 11.1 Å². The van der Waals surface area contributed by atoms with E-state index in [4.69, 9.17) is 5.73 Å². The Bertz CT molecular complexity index is 538. The Morgan fingerprint density at radius 1 is 1.58 bits per heavy atom. The van der Waals surface area contributed by atoms with E-state index in [9.17, 15) is 4.79 Å². The molecule has 3 N–H and O–H groups in total. The summed E-state index contributed by atoms with van der Waals surface area (Å²) in [5, 5.41) is 10.5. The van der Waals surface area contributed by atoms with Crippen LogP contribution in [0.4, 0.5) is 0 Å². The van der Waals surface area contributed by atoms with Gasteiger partial charge in [-0.15, -0.1) is 5.10 Å². The number of carbonyl (C=O) groups is 1. The van der Waals surface area contributed by atoms with Crippen LogP contribution in [0.5, 0.6) is 0 Å². The fraction of sp³-hybridized carbons (Fsp3) is 0.333. The molecule has 1 amide bonds.